The van der Waals surface area contributed by atoms with Gasteiger partial charge in [-0.2, -0.15) is 0 Å². The monoisotopic (exact) mass is 292 g/mol. The molecule has 0 aliphatic rings. The predicted molar refractivity (Wildman–Crippen MR) is 68.2 cm³/mol. The van der Waals surface area contributed by atoms with Gasteiger partial charge in [-0.25, -0.2) is 13.1 Å². The van der Waals surface area contributed by atoms with E-state index in [9.17, 15) is 18.5 Å². The minimum Gasteiger partial charge on any atom is -0.258 e. The highest BCUT2D eigenvalue weighted by atomic mass is 35.5. The molecule has 0 bridgehead atoms. The number of halogens is 1. The van der Waals surface area contributed by atoms with E-state index < -0.39 is 26.2 Å². The van der Waals surface area contributed by atoms with Gasteiger partial charge in [0.2, 0.25) is 10.0 Å². The van der Waals surface area contributed by atoms with Gasteiger partial charge in [0.05, 0.1) is 9.82 Å². The topological polar surface area (TPSA) is 89.3 Å². The summed E-state index contributed by atoms with van der Waals surface area (Å²) < 4.78 is 26.3. The molecular weight excluding hydrogens is 280 g/mol. The zero-order valence-corrected chi connectivity index (χ0v) is 11.7. The van der Waals surface area contributed by atoms with Gasteiger partial charge in [-0.3, -0.25) is 10.1 Å². The third kappa shape index (κ3) is 3.66. The van der Waals surface area contributed by atoms with Crippen LogP contribution in [0.4, 0.5) is 5.69 Å². The van der Waals surface area contributed by atoms with Gasteiger partial charge in [-0.15, -0.1) is 0 Å². The molecule has 0 atom stereocenters. The molecule has 1 aromatic carbocycles. The molecule has 0 saturated heterocycles. The summed E-state index contributed by atoms with van der Waals surface area (Å²) in [4.78, 5) is 9.78. The smallest absolute Gasteiger partial charge is 0.258 e. The van der Waals surface area contributed by atoms with Crippen LogP contribution in [0.1, 0.15) is 20.8 Å². The van der Waals surface area contributed by atoms with Crippen LogP contribution in [0.15, 0.2) is 23.1 Å². The minimum absolute atomic E-state index is 0.102. The number of sulfonamides is 1. The first-order chi connectivity index (χ1) is 8.03. The maximum absolute atomic E-state index is 12.0. The van der Waals surface area contributed by atoms with Gasteiger partial charge >= 0.3 is 0 Å². The Kier molecular flexibility index (Phi) is 3.99. The summed E-state index contributed by atoms with van der Waals surface area (Å²) in [5.41, 5.74) is -1.11. The molecule has 8 heteroatoms. The predicted octanol–water partition coefficient (Wildman–Crippen LogP) is 2.33. The Hall–Kier alpha value is -1.18. The standard InChI is InChI=1S/C10H13ClN2O4S/c1-10(2,3)12-18(16,17)7-4-5-8(11)9(6-7)13(14)15/h4-6,12H,1-3H3. The number of nitrogens with zero attached hydrogens (tertiary/aromatic N) is 1. The largest absolute Gasteiger partial charge is 0.289 e. The molecule has 1 rings (SSSR count). The van der Waals surface area contributed by atoms with E-state index in [0.717, 1.165) is 6.07 Å². The van der Waals surface area contributed by atoms with Gasteiger partial charge in [-0.05, 0) is 32.9 Å². The van der Waals surface area contributed by atoms with Crippen molar-refractivity contribution < 1.29 is 13.3 Å². The Balaban J connectivity index is 3.27. The molecule has 0 aromatic heterocycles. The highest BCUT2D eigenvalue weighted by Crippen LogP contribution is 2.27. The number of nitro groups is 1. The number of rotatable bonds is 3. The van der Waals surface area contributed by atoms with E-state index in [1.165, 1.54) is 12.1 Å². The molecule has 0 fully saturated rings. The fraction of sp³-hybridized carbons (Fsp3) is 0.400. The SMILES string of the molecule is CC(C)(C)NS(=O)(=O)c1ccc(Cl)c([N+](=O)[O-])c1. The molecule has 6 nitrogen and oxygen atoms in total. The lowest BCUT2D eigenvalue weighted by Crippen LogP contribution is -2.40. The Morgan fingerprint density at radius 3 is 2.33 bits per heavy atom. The third-order valence-electron chi connectivity index (χ3n) is 1.87. The average molecular weight is 293 g/mol. The maximum Gasteiger partial charge on any atom is 0.289 e. The van der Waals surface area contributed by atoms with Crippen molar-refractivity contribution in [2.45, 2.75) is 31.2 Å². The quantitative estimate of drug-likeness (QED) is 0.684. The number of hydrogen-bond acceptors (Lipinski definition) is 4. The van der Waals surface area contributed by atoms with Gasteiger partial charge < -0.3 is 0 Å². The van der Waals surface area contributed by atoms with Gasteiger partial charge in [0.25, 0.3) is 5.69 Å². The molecule has 0 spiro atoms. The van der Waals surface area contributed by atoms with Crippen LogP contribution in [0, 0.1) is 10.1 Å². The molecule has 18 heavy (non-hydrogen) atoms. The van der Waals surface area contributed by atoms with Crippen molar-refractivity contribution in [3.8, 4) is 0 Å². The van der Waals surface area contributed by atoms with Crippen LogP contribution in [-0.4, -0.2) is 18.9 Å². The summed E-state index contributed by atoms with van der Waals surface area (Å²) in [7, 11) is -3.80. The Labute approximate surface area is 110 Å². The van der Waals surface area contributed by atoms with Gasteiger partial charge in [-0.1, -0.05) is 11.6 Å². The van der Waals surface area contributed by atoms with Crippen LogP contribution in [0.2, 0.25) is 5.02 Å². The van der Waals surface area contributed by atoms with Crippen molar-refractivity contribution in [3.63, 3.8) is 0 Å². The number of hydrogen-bond donors (Lipinski definition) is 1. The molecule has 0 aliphatic carbocycles. The molecule has 0 amide bonds. The van der Waals surface area contributed by atoms with Crippen LogP contribution < -0.4 is 4.72 Å². The van der Waals surface area contributed by atoms with Crippen molar-refractivity contribution in [2.24, 2.45) is 0 Å². The molecule has 0 saturated carbocycles. The van der Waals surface area contributed by atoms with E-state index in [-0.39, 0.29) is 9.92 Å². The zero-order chi connectivity index (χ0) is 14.1. The van der Waals surface area contributed by atoms with Crippen LogP contribution in [0.5, 0.6) is 0 Å². The molecule has 0 aliphatic heterocycles. The highest BCUT2D eigenvalue weighted by Gasteiger charge is 2.24. The second-order valence-electron chi connectivity index (χ2n) is 4.73. The van der Waals surface area contributed by atoms with Crippen LogP contribution >= 0.6 is 11.6 Å². The molecule has 0 heterocycles. The average Bonchev–Trinajstić information content (AvgIpc) is 2.13. The lowest BCUT2D eigenvalue weighted by molar-refractivity contribution is -0.384. The van der Waals surface area contributed by atoms with Crippen molar-refractivity contribution in [1.29, 1.82) is 0 Å². The van der Waals surface area contributed by atoms with Crippen LogP contribution in [-0.2, 0) is 10.0 Å². The lowest BCUT2D eigenvalue weighted by Gasteiger charge is -2.20. The number of nitrogens with one attached hydrogen (secondary N) is 1. The van der Waals surface area contributed by atoms with E-state index in [2.05, 4.69) is 4.72 Å². The highest BCUT2D eigenvalue weighted by molar-refractivity contribution is 7.89. The van der Waals surface area contributed by atoms with E-state index >= 15 is 0 Å². The summed E-state index contributed by atoms with van der Waals surface area (Å²) in [6.07, 6.45) is 0. The fourth-order valence-corrected chi connectivity index (χ4v) is 2.89. The zero-order valence-electron chi connectivity index (χ0n) is 10.1. The Morgan fingerprint density at radius 1 is 1.33 bits per heavy atom. The molecule has 1 N–H and O–H groups in total. The van der Waals surface area contributed by atoms with Crippen molar-refractivity contribution >= 4 is 27.3 Å². The van der Waals surface area contributed by atoms with Crippen molar-refractivity contribution in [2.75, 3.05) is 0 Å². The summed E-state index contributed by atoms with van der Waals surface area (Å²) in [5, 5.41) is 10.6. The maximum atomic E-state index is 12.0. The lowest BCUT2D eigenvalue weighted by atomic mass is 10.1. The molecular formula is C10H13ClN2O4S. The Morgan fingerprint density at radius 2 is 1.89 bits per heavy atom. The van der Waals surface area contributed by atoms with Crippen LogP contribution in [0.25, 0.3) is 0 Å². The van der Waals surface area contributed by atoms with E-state index in [1.54, 1.807) is 20.8 Å². The molecule has 0 unspecified atom stereocenters. The summed E-state index contributed by atoms with van der Waals surface area (Å²) in [5.74, 6) is 0. The molecule has 1 aromatic rings. The third-order valence-corrected chi connectivity index (χ3v) is 3.94. The summed E-state index contributed by atoms with van der Waals surface area (Å²) >= 11 is 5.62. The normalized spacial score (nSPS) is 12.4. The van der Waals surface area contributed by atoms with Crippen LogP contribution in [0.3, 0.4) is 0 Å². The van der Waals surface area contributed by atoms with Gasteiger partial charge in [0.15, 0.2) is 0 Å². The summed E-state index contributed by atoms with van der Waals surface area (Å²) in [6, 6.07) is 3.36. The second-order valence-corrected chi connectivity index (χ2v) is 6.82. The van der Waals surface area contributed by atoms with Gasteiger partial charge in [0.1, 0.15) is 5.02 Å². The minimum atomic E-state index is -3.80. The molecule has 100 valence electrons. The summed E-state index contributed by atoms with van der Waals surface area (Å²) in [6.45, 7) is 5.03. The van der Waals surface area contributed by atoms with Crippen molar-refractivity contribution in [3.05, 3.63) is 33.3 Å². The first kappa shape index (κ1) is 14.9. The van der Waals surface area contributed by atoms with Crippen molar-refractivity contribution in [1.82, 2.24) is 4.72 Å². The second kappa shape index (κ2) is 4.83. The number of nitro benzene ring substituents is 1. The Bertz CT molecular complexity index is 578. The van der Waals surface area contributed by atoms with E-state index in [4.69, 9.17) is 11.6 Å². The van der Waals surface area contributed by atoms with E-state index in [1.807, 2.05) is 0 Å². The fourth-order valence-electron chi connectivity index (χ4n) is 1.26. The molecule has 0 radical (unpaired) electrons. The number of benzene rings is 1. The first-order valence-corrected chi connectivity index (χ1v) is 6.87. The van der Waals surface area contributed by atoms with Gasteiger partial charge in [0, 0.05) is 11.6 Å². The first-order valence-electron chi connectivity index (χ1n) is 5.01. The van der Waals surface area contributed by atoms with E-state index in [0.29, 0.717) is 0 Å².